The molecule has 3 aromatic rings. The maximum absolute atomic E-state index is 13.3. The third-order valence-corrected chi connectivity index (χ3v) is 10.3. The Balaban J connectivity index is 1.35. The van der Waals surface area contributed by atoms with Gasteiger partial charge in [-0.2, -0.15) is 0 Å². The number of aromatic hydroxyl groups is 1. The summed E-state index contributed by atoms with van der Waals surface area (Å²) < 4.78 is 23.5. The van der Waals surface area contributed by atoms with E-state index >= 15 is 0 Å². The van der Waals surface area contributed by atoms with Crippen molar-refractivity contribution in [1.82, 2.24) is 15.1 Å². The van der Waals surface area contributed by atoms with E-state index in [0.717, 1.165) is 33.4 Å². The molecule has 47 heavy (non-hydrogen) atoms. The minimum Gasteiger partial charge on any atom is -0.504 e. The van der Waals surface area contributed by atoms with Gasteiger partial charge in [-0.05, 0) is 56.8 Å². The molecular weight excluding hydrogens is 602 g/mol. The van der Waals surface area contributed by atoms with Crippen LogP contribution >= 0.6 is 0 Å². The Morgan fingerprint density at radius 3 is 2.51 bits per heavy atom. The van der Waals surface area contributed by atoms with Crippen molar-refractivity contribution in [2.75, 3.05) is 27.5 Å². The highest BCUT2D eigenvalue weighted by Gasteiger charge is 2.56. The number of amides is 1. The van der Waals surface area contributed by atoms with Crippen LogP contribution in [0.25, 0.3) is 0 Å². The van der Waals surface area contributed by atoms with Gasteiger partial charge < -0.3 is 34.5 Å². The Bertz CT molecular complexity index is 1740. The fourth-order valence-corrected chi connectivity index (χ4v) is 8.32. The van der Waals surface area contributed by atoms with Crippen LogP contribution in [0.2, 0.25) is 0 Å². The molecule has 1 amide bonds. The first-order valence-electron chi connectivity index (χ1n) is 16.1. The number of nitrogens with zero attached hydrogens (tertiary/aromatic N) is 2. The number of benzene rings is 3. The summed E-state index contributed by atoms with van der Waals surface area (Å²) in [4.78, 5) is 29.9. The number of piperazine rings is 1. The van der Waals surface area contributed by atoms with Crippen LogP contribution in [0.5, 0.6) is 28.7 Å². The molecule has 11 heteroatoms. The first-order valence-corrected chi connectivity index (χ1v) is 16.1. The van der Waals surface area contributed by atoms with E-state index in [0.29, 0.717) is 54.2 Å². The molecule has 4 aliphatic rings. The molecule has 0 aliphatic carbocycles. The number of aryl methyl sites for hydroxylation is 2. The van der Waals surface area contributed by atoms with Gasteiger partial charge in [-0.1, -0.05) is 36.4 Å². The highest BCUT2D eigenvalue weighted by Crippen LogP contribution is 2.58. The molecule has 0 spiro atoms. The van der Waals surface area contributed by atoms with Crippen LogP contribution in [0.4, 0.5) is 0 Å². The number of nitrogens with one attached hydrogen (secondary N) is 1. The van der Waals surface area contributed by atoms with Crippen LogP contribution in [0.15, 0.2) is 36.4 Å². The maximum atomic E-state index is 13.3. The molecule has 4 heterocycles. The number of hydrogen-bond donors (Lipinski definition) is 3. The molecule has 3 N–H and O–H groups in total. The fourth-order valence-electron chi connectivity index (χ4n) is 8.32. The smallest absolute Gasteiger partial charge is 0.308 e. The third-order valence-electron chi connectivity index (χ3n) is 10.3. The van der Waals surface area contributed by atoms with Gasteiger partial charge in [-0.3, -0.25) is 19.4 Å². The third kappa shape index (κ3) is 5.08. The number of ether oxygens (including phenoxy) is 4. The average molecular weight is 644 g/mol. The highest BCUT2D eigenvalue weighted by molar-refractivity contribution is 5.77. The lowest BCUT2D eigenvalue weighted by molar-refractivity contribution is -0.172. The Labute approximate surface area is 274 Å². The summed E-state index contributed by atoms with van der Waals surface area (Å²) in [6.45, 7) is 5.28. The molecule has 1 fully saturated rings. The number of methoxy groups -OCH3 is 1. The zero-order valence-corrected chi connectivity index (χ0v) is 27.3. The zero-order chi connectivity index (χ0) is 33.1. The molecule has 248 valence electrons. The molecule has 0 saturated carbocycles. The lowest BCUT2D eigenvalue weighted by atomic mass is 9.73. The quantitative estimate of drug-likeness (QED) is 0.259. The second-order valence-corrected chi connectivity index (χ2v) is 13.0. The molecule has 4 aliphatic heterocycles. The monoisotopic (exact) mass is 643 g/mol. The fraction of sp³-hybridized carbons (Fsp3) is 0.444. The number of rotatable bonds is 7. The van der Waals surface area contributed by atoms with E-state index in [1.165, 1.54) is 6.92 Å². The molecule has 0 radical (unpaired) electrons. The lowest BCUT2D eigenvalue weighted by Gasteiger charge is -2.60. The Hall–Kier alpha value is -4.32. The van der Waals surface area contributed by atoms with E-state index in [-0.39, 0.29) is 43.1 Å². The van der Waals surface area contributed by atoms with Crippen molar-refractivity contribution >= 4 is 11.9 Å². The van der Waals surface area contributed by atoms with E-state index < -0.39 is 18.2 Å². The Morgan fingerprint density at radius 2 is 1.79 bits per heavy atom. The van der Waals surface area contributed by atoms with Gasteiger partial charge in [0, 0.05) is 48.2 Å². The van der Waals surface area contributed by atoms with Crippen LogP contribution < -0.4 is 24.3 Å². The minimum atomic E-state index is -0.922. The van der Waals surface area contributed by atoms with Gasteiger partial charge in [0.05, 0.1) is 25.2 Å². The molecular formula is C36H41N3O8. The topological polar surface area (TPSA) is 130 Å². The number of hydrogen-bond acceptors (Lipinski definition) is 10. The summed E-state index contributed by atoms with van der Waals surface area (Å²) in [6, 6.07) is 10.3. The summed E-state index contributed by atoms with van der Waals surface area (Å²) in [5.74, 6) is 1.35. The van der Waals surface area contributed by atoms with Crippen LogP contribution in [0.1, 0.15) is 64.4 Å². The summed E-state index contributed by atoms with van der Waals surface area (Å²) >= 11 is 0. The molecule has 5 atom stereocenters. The van der Waals surface area contributed by atoms with E-state index in [2.05, 4.69) is 15.1 Å². The first kappa shape index (κ1) is 31.3. The van der Waals surface area contributed by atoms with Gasteiger partial charge in [0.25, 0.3) is 0 Å². The van der Waals surface area contributed by atoms with E-state index in [9.17, 15) is 19.8 Å². The van der Waals surface area contributed by atoms with Gasteiger partial charge >= 0.3 is 5.97 Å². The minimum absolute atomic E-state index is 0.00264. The predicted octanol–water partition coefficient (Wildman–Crippen LogP) is 3.62. The van der Waals surface area contributed by atoms with Crippen molar-refractivity contribution in [1.29, 1.82) is 0 Å². The van der Waals surface area contributed by atoms with Crippen molar-refractivity contribution in [2.45, 2.75) is 76.8 Å². The van der Waals surface area contributed by atoms with Crippen LogP contribution in [0.3, 0.4) is 0 Å². The summed E-state index contributed by atoms with van der Waals surface area (Å²) in [6.07, 6.45) is 0.862. The van der Waals surface area contributed by atoms with Crippen molar-refractivity contribution in [3.05, 3.63) is 75.3 Å². The van der Waals surface area contributed by atoms with E-state index in [1.54, 1.807) is 7.11 Å². The second kappa shape index (κ2) is 12.0. The molecule has 0 aromatic heterocycles. The van der Waals surface area contributed by atoms with Gasteiger partial charge in [-0.15, -0.1) is 0 Å². The molecule has 1 unspecified atom stereocenters. The SMILES string of the molecule is COc1c(C)cc2c(c1O)[C@@H]1C3Cc4c(OC(C)=O)c(C)c5c(c4[C@H](CNC(=O)CCc4ccccc4)N3[C@@H](O)[C@H](C2)N1C)OCO5. The first-order chi connectivity index (χ1) is 22.6. The van der Waals surface area contributed by atoms with Crippen molar-refractivity contribution < 1.29 is 38.7 Å². The van der Waals surface area contributed by atoms with Crippen molar-refractivity contribution in [3.8, 4) is 28.7 Å². The van der Waals surface area contributed by atoms with Crippen LogP contribution in [-0.4, -0.2) is 77.7 Å². The van der Waals surface area contributed by atoms with Gasteiger partial charge in [-0.25, -0.2) is 0 Å². The van der Waals surface area contributed by atoms with E-state index in [4.69, 9.17) is 18.9 Å². The van der Waals surface area contributed by atoms with Gasteiger partial charge in [0.2, 0.25) is 12.7 Å². The zero-order valence-electron chi connectivity index (χ0n) is 27.3. The number of aliphatic hydroxyl groups is 1. The molecule has 2 bridgehead atoms. The number of carbonyl (C=O) groups excluding carboxylic acids is 2. The average Bonchev–Trinajstić information content (AvgIpc) is 3.54. The number of likely N-dealkylation sites (N-methyl/N-ethyl adjacent to an activating group) is 1. The molecule has 7 rings (SSSR count). The van der Waals surface area contributed by atoms with Crippen LogP contribution in [-0.2, 0) is 28.9 Å². The second-order valence-electron chi connectivity index (χ2n) is 13.0. The maximum Gasteiger partial charge on any atom is 0.308 e. The van der Waals surface area contributed by atoms with Crippen molar-refractivity contribution in [2.24, 2.45) is 0 Å². The summed E-state index contributed by atoms with van der Waals surface area (Å²) in [7, 11) is 3.52. The normalized spacial score (nSPS) is 24.2. The van der Waals surface area contributed by atoms with Gasteiger partial charge in [0.15, 0.2) is 23.0 Å². The summed E-state index contributed by atoms with van der Waals surface area (Å²) in [5, 5.41) is 27.0. The number of esters is 1. The van der Waals surface area contributed by atoms with Crippen molar-refractivity contribution in [3.63, 3.8) is 0 Å². The molecule has 1 saturated heterocycles. The highest BCUT2D eigenvalue weighted by atomic mass is 16.7. The Kier molecular flexibility index (Phi) is 8.02. The Morgan fingerprint density at radius 1 is 1.04 bits per heavy atom. The number of phenols is 1. The lowest BCUT2D eigenvalue weighted by Crippen LogP contribution is -2.69. The summed E-state index contributed by atoms with van der Waals surface area (Å²) in [5.41, 5.74) is 5.76. The van der Waals surface area contributed by atoms with Crippen LogP contribution in [0, 0.1) is 13.8 Å². The predicted molar refractivity (Wildman–Crippen MR) is 172 cm³/mol. The molecule has 3 aromatic carbocycles. The largest absolute Gasteiger partial charge is 0.504 e. The number of aliphatic hydroxyl groups excluding tert-OH is 1. The standard InChI is InChI=1S/C36H41N3O8/c1-18-13-22-14-25-36(43)39-24(30(38(25)4)28(22)31(42)32(18)44-5)15-23-29(35-34(45-17-46-35)19(2)33(23)47-20(3)40)26(39)16-37-27(41)12-11-21-9-7-6-8-10-21/h6-10,13,24-26,30,36,42-43H,11-12,14-17H2,1-5H3,(H,37,41)/t24?,25-,26-,30-,36-/m0/s1. The number of carbonyl (C=O) groups is 2. The number of fused-ring (bicyclic) bond motifs is 9. The van der Waals surface area contributed by atoms with E-state index in [1.807, 2.05) is 57.3 Å². The molecule has 11 nitrogen and oxygen atoms in total. The number of phenolic OH excluding ortho intramolecular Hbond substituents is 1. The van der Waals surface area contributed by atoms with Gasteiger partial charge in [0.1, 0.15) is 12.0 Å².